The van der Waals surface area contributed by atoms with Gasteiger partial charge >= 0.3 is 0 Å². The van der Waals surface area contributed by atoms with Gasteiger partial charge in [-0.05, 0) is 25.8 Å². The highest BCUT2D eigenvalue weighted by Gasteiger charge is 2.27. The molecule has 2 aromatic heterocycles. The largest absolute Gasteiger partial charge is 0.468 e. The average Bonchev–Trinajstić information content (AvgIpc) is 3.05. The fourth-order valence-corrected chi connectivity index (χ4v) is 2.49. The summed E-state index contributed by atoms with van der Waals surface area (Å²) in [4.78, 5) is 9.89. The summed E-state index contributed by atoms with van der Waals surface area (Å²) in [5.41, 5.74) is 5.80. The zero-order valence-corrected chi connectivity index (χ0v) is 10.3. The van der Waals surface area contributed by atoms with Gasteiger partial charge in [0.1, 0.15) is 22.4 Å². The van der Waals surface area contributed by atoms with E-state index >= 15 is 0 Å². The van der Waals surface area contributed by atoms with Gasteiger partial charge in [-0.15, -0.1) is 0 Å². The van der Waals surface area contributed by atoms with Crippen molar-refractivity contribution in [2.24, 2.45) is 0 Å². The summed E-state index contributed by atoms with van der Waals surface area (Å²) in [6.45, 7) is 1.94. The molecule has 2 heterocycles. The zero-order valence-electron chi connectivity index (χ0n) is 9.51. The molecule has 2 aromatic rings. The predicted molar refractivity (Wildman–Crippen MR) is 66.0 cm³/mol. The molecule has 0 aliphatic heterocycles. The summed E-state index contributed by atoms with van der Waals surface area (Å²) in [5, 5.41) is 0.893. The van der Waals surface area contributed by atoms with E-state index in [0.717, 1.165) is 21.5 Å². The topological polar surface area (TPSA) is 64.9 Å². The lowest BCUT2D eigenvalue weighted by atomic mass is 10.4. The van der Waals surface area contributed by atoms with Gasteiger partial charge in [-0.2, -0.15) is 0 Å². The van der Waals surface area contributed by atoms with Gasteiger partial charge in [0.25, 0.3) is 0 Å². The Morgan fingerprint density at radius 2 is 2.24 bits per heavy atom. The van der Waals surface area contributed by atoms with E-state index in [0.29, 0.717) is 11.7 Å². The molecule has 1 saturated carbocycles. The lowest BCUT2D eigenvalue weighted by Gasteiger charge is -2.03. The summed E-state index contributed by atoms with van der Waals surface area (Å²) in [6, 6.07) is 3.75. The highest BCUT2D eigenvalue weighted by molar-refractivity contribution is 7.99. The summed E-state index contributed by atoms with van der Waals surface area (Å²) >= 11 is 1.57. The SMILES string of the molecule is Cc1occc1Sc1cc(N)nc(C2CC2)n1. The maximum absolute atomic E-state index is 5.80. The van der Waals surface area contributed by atoms with E-state index in [1.165, 1.54) is 12.8 Å². The fourth-order valence-electron chi connectivity index (χ4n) is 1.63. The number of nitrogen functional groups attached to an aromatic ring is 1. The maximum Gasteiger partial charge on any atom is 0.135 e. The molecule has 0 unspecified atom stereocenters. The van der Waals surface area contributed by atoms with Crippen LogP contribution in [0.5, 0.6) is 0 Å². The van der Waals surface area contributed by atoms with Crippen molar-refractivity contribution in [3.63, 3.8) is 0 Å². The van der Waals surface area contributed by atoms with Crippen LogP contribution in [0.4, 0.5) is 5.82 Å². The first-order valence-electron chi connectivity index (χ1n) is 5.59. The molecule has 0 atom stereocenters. The first-order valence-corrected chi connectivity index (χ1v) is 6.40. The molecule has 17 heavy (non-hydrogen) atoms. The zero-order chi connectivity index (χ0) is 11.8. The minimum Gasteiger partial charge on any atom is -0.468 e. The van der Waals surface area contributed by atoms with Crippen LogP contribution in [0.3, 0.4) is 0 Å². The van der Waals surface area contributed by atoms with Crippen molar-refractivity contribution in [1.82, 2.24) is 9.97 Å². The van der Waals surface area contributed by atoms with Crippen molar-refractivity contribution < 1.29 is 4.42 Å². The van der Waals surface area contributed by atoms with Crippen molar-refractivity contribution in [3.05, 3.63) is 30.0 Å². The number of nitrogens with zero attached hydrogens (tertiary/aromatic N) is 2. The highest BCUT2D eigenvalue weighted by Crippen LogP contribution is 2.39. The summed E-state index contributed by atoms with van der Waals surface area (Å²) in [7, 11) is 0. The Balaban J connectivity index is 1.89. The molecule has 0 bridgehead atoms. The Labute approximate surface area is 104 Å². The van der Waals surface area contributed by atoms with Crippen LogP contribution in [0.15, 0.2) is 32.7 Å². The van der Waals surface area contributed by atoms with Crippen molar-refractivity contribution in [2.45, 2.75) is 35.6 Å². The molecular formula is C12H13N3OS. The molecule has 4 nitrogen and oxygen atoms in total. The van der Waals surface area contributed by atoms with E-state index in [2.05, 4.69) is 9.97 Å². The van der Waals surface area contributed by atoms with Crippen molar-refractivity contribution in [2.75, 3.05) is 5.73 Å². The maximum atomic E-state index is 5.80. The summed E-state index contributed by atoms with van der Waals surface area (Å²) in [6.07, 6.45) is 4.04. The Bertz CT molecular complexity index is 548. The number of nitrogens with two attached hydrogens (primary N) is 1. The quantitative estimate of drug-likeness (QED) is 0.845. The third kappa shape index (κ3) is 2.29. The first-order chi connectivity index (χ1) is 8.22. The molecule has 0 radical (unpaired) electrons. The standard InChI is InChI=1S/C12H13N3OS/c1-7-9(4-5-16-7)17-11-6-10(13)14-12(15-11)8-2-3-8/h4-6,8H,2-3H2,1H3,(H2,13,14,15). The number of hydrogen-bond donors (Lipinski definition) is 1. The molecule has 1 aliphatic carbocycles. The van der Waals surface area contributed by atoms with Gasteiger partial charge in [0.15, 0.2) is 0 Å². The molecule has 88 valence electrons. The van der Waals surface area contributed by atoms with Crippen LogP contribution < -0.4 is 5.73 Å². The Morgan fingerprint density at radius 1 is 1.41 bits per heavy atom. The van der Waals surface area contributed by atoms with Gasteiger partial charge in [-0.1, -0.05) is 11.8 Å². The van der Waals surface area contributed by atoms with Gasteiger partial charge in [0, 0.05) is 12.0 Å². The predicted octanol–water partition coefficient (Wildman–Crippen LogP) is 2.99. The van der Waals surface area contributed by atoms with E-state index in [9.17, 15) is 0 Å². The monoisotopic (exact) mass is 247 g/mol. The van der Waals surface area contributed by atoms with Gasteiger partial charge in [-0.25, -0.2) is 9.97 Å². The minimum atomic E-state index is 0.517. The highest BCUT2D eigenvalue weighted by atomic mass is 32.2. The summed E-state index contributed by atoms with van der Waals surface area (Å²) in [5.74, 6) is 2.85. The second-order valence-electron chi connectivity index (χ2n) is 4.21. The van der Waals surface area contributed by atoms with E-state index in [-0.39, 0.29) is 0 Å². The summed E-state index contributed by atoms with van der Waals surface area (Å²) < 4.78 is 5.26. The van der Waals surface area contributed by atoms with E-state index in [4.69, 9.17) is 10.2 Å². The molecular weight excluding hydrogens is 234 g/mol. The van der Waals surface area contributed by atoms with Crippen molar-refractivity contribution in [1.29, 1.82) is 0 Å². The second kappa shape index (κ2) is 4.07. The number of rotatable bonds is 3. The molecule has 0 aromatic carbocycles. The van der Waals surface area contributed by atoms with Gasteiger partial charge in [0.05, 0.1) is 11.2 Å². The molecule has 1 fully saturated rings. The molecule has 3 rings (SSSR count). The normalized spacial score (nSPS) is 15.1. The van der Waals surface area contributed by atoms with E-state index in [1.807, 2.05) is 19.1 Å². The molecule has 0 amide bonds. The smallest absolute Gasteiger partial charge is 0.135 e. The van der Waals surface area contributed by atoms with Crippen LogP contribution in [0, 0.1) is 6.92 Å². The first kappa shape index (κ1) is 10.7. The number of furan rings is 1. The van der Waals surface area contributed by atoms with Crippen molar-refractivity contribution >= 4 is 17.6 Å². The minimum absolute atomic E-state index is 0.517. The van der Waals surface area contributed by atoms with Gasteiger partial charge < -0.3 is 10.2 Å². The Kier molecular flexibility index (Phi) is 2.55. The van der Waals surface area contributed by atoms with Crippen LogP contribution in [-0.2, 0) is 0 Å². The molecule has 1 aliphatic rings. The lowest BCUT2D eigenvalue weighted by molar-refractivity contribution is 0.527. The van der Waals surface area contributed by atoms with Crippen LogP contribution in [0.2, 0.25) is 0 Å². The van der Waals surface area contributed by atoms with Crippen LogP contribution in [0.25, 0.3) is 0 Å². The molecule has 2 N–H and O–H groups in total. The third-order valence-corrected chi connectivity index (χ3v) is 3.77. The Morgan fingerprint density at radius 3 is 2.88 bits per heavy atom. The third-order valence-electron chi connectivity index (χ3n) is 2.71. The Hall–Kier alpha value is -1.49. The van der Waals surface area contributed by atoms with Crippen LogP contribution in [-0.4, -0.2) is 9.97 Å². The average molecular weight is 247 g/mol. The van der Waals surface area contributed by atoms with Gasteiger partial charge in [-0.3, -0.25) is 0 Å². The number of hydrogen-bond acceptors (Lipinski definition) is 5. The number of aromatic nitrogens is 2. The fraction of sp³-hybridized carbons (Fsp3) is 0.333. The van der Waals surface area contributed by atoms with E-state index < -0.39 is 0 Å². The molecule has 0 saturated heterocycles. The molecule has 0 spiro atoms. The second-order valence-corrected chi connectivity index (χ2v) is 5.27. The van der Waals surface area contributed by atoms with Crippen LogP contribution >= 0.6 is 11.8 Å². The van der Waals surface area contributed by atoms with Crippen molar-refractivity contribution in [3.8, 4) is 0 Å². The number of anilines is 1. The number of aryl methyl sites for hydroxylation is 1. The molecule has 5 heteroatoms. The lowest BCUT2D eigenvalue weighted by Crippen LogP contribution is -1.99. The van der Waals surface area contributed by atoms with Crippen LogP contribution in [0.1, 0.15) is 30.3 Å². The van der Waals surface area contributed by atoms with E-state index in [1.54, 1.807) is 18.0 Å². The van der Waals surface area contributed by atoms with Gasteiger partial charge in [0.2, 0.25) is 0 Å².